The number of benzene rings is 1. The van der Waals surface area contributed by atoms with E-state index in [1.54, 1.807) is 0 Å². The maximum atomic E-state index is 11.3. The molecule has 0 aromatic heterocycles. The van der Waals surface area contributed by atoms with Crippen LogP contribution in [0.1, 0.15) is 31.7 Å². The second kappa shape index (κ2) is 6.02. The van der Waals surface area contributed by atoms with Gasteiger partial charge in [-0.2, -0.15) is 0 Å². The molecule has 0 spiro atoms. The molecule has 0 radical (unpaired) electrons. The zero-order valence-electron chi connectivity index (χ0n) is 9.03. The van der Waals surface area contributed by atoms with Crippen molar-refractivity contribution < 1.29 is 9.53 Å². The predicted octanol–water partition coefficient (Wildman–Crippen LogP) is 3.39. The summed E-state index contributed by atoms with van der Waals surface area (Å²) in [5.41, 5.74) is 0.849. The van der Waals surface area contributed by atoms with Gasteiger partial charge in [-0.25, -0.2) is 0 Å². The van der Waals surface area contributed by atoms with Crippen molar-refractivity contribution in [2.24, 2.45) is 0 Å². The first-order chi connectivity index (χ1) is 7.24. The van der Waals surface area contributed by atoms with Crippen molar-refractivity contribution in [1.29, 1.82) is 0 Å². The average Bonchev–Trinajstić information content (AvgIpc) is 2.27. The van der Waals surface area contributed by atoms with Crippen molar-refractivity contribution in [2.45, 2.75) is 26.2 Å². The van der Waals surface area contributed by atoms with Crippen LogP contribution in [0.4, 0.5) is 0 Å². The van der Waals surface area contributed by atoms with Crippen molar-refractivity contribution in [3.63, 3.8) is 0 Å². The second-order valence-corrected chi connectivity index (χ2v) is 3.37. The van der Waals surface area contributed by atoms with E-state index in [1.807, 2.05) is 37.3 Å². The highest BCUT2D eigenvalue weighted by Crippen LogP contribution is 2.14. The largest absolute Gasteiger partial charge is 0.427 e. The number of rotatable bonds is 5. The number of carbonyl (C=O) groups is 1. The van der Waals surface area contributed by atoms with Gasteiger partial charge >= 0.3 is 5.97 Å². The summed E-state index contributed by atoms with van der Waals surface area (Å²) in [6.07, 6.45) is 2.32. The molecule has 0 aliphatic carbocycles. The van der Waals surface area contributed by atoms with Gasteiger partial charge < -0.3 is 4.74 Å². The van der Waals surface area contributed by atoms with Crippen LogP contribution in [0.15, 0.2) is 36.9 Å². The predicted molar refractivity (Wildman–Crippen MR) is 61.1 cm³/mol. The van der Waals surface area contributed by atoms with Gasteiger partial charge in [0.15, 0.2) is 0 Å². The van der Waals surface area contributed by atoms with E-state index in [2.05, 4.69) is 6.58 Å². The smallest absolute Gasteiger partial charge is 0.311 e. The van der Waals surface area contributed by atoms with Crippen LogP contribution in [0.5, 0.6) is 0 Å². The van der Waals surface area contributed by atoms with E-state index in [0.29, 0.717) is 12.2 Å². The quantitative estimate of drug-likeness (QED) is 0.543. The lowest BCUT2D eigenvalue weighted by atomic mass is 10.2. The zero-order chi connectivity index (χ0) is 11.1. The third-order valence-corrected chi connectivity index (χ3v) is 2.07. The molecule has 0 aliphatic rings. The summed E-state index contributed by atoms with van der Waals surface area (Å²) in [5, 5.41) is 0. The lowest BCUT2D eigenvalue weighted by Gasteiger charge is -2.06. The monoisotopic (exact) mass is 204 g/mol. The molecule has 1 aromatic rings. The van der Waals surface area contributed by atoms with E-state index >= 15 is 0 Å². The summed E-state index contributed by atoms with van der Waals surface area (Å²) < 4.78 is 5.11. The van der Waals surface area contributed by atoms with Crippen molar-refractivity contribution in [2.75, 3.05) is 0 Å². The Morgan fingerprint density at radius 3 is 2.60 bits per heavy atom. The summed E-state index contributed by atoms with van der Waals surface area (Å²) in [7, 11) is 0. The average molecular weight is 204 g/mol. The molecule has 0 saturated heterocycles. The Balaban J connectivity index is 2.46. The highest BCUT2D eigenvalue weighted by Gasteiger charge is 2.05. The van der Waals surface area contributed by atoms with Crippen LogP contribution in [-0.2, 0) is 9.53 Å². The molecule has 0 fully saturated rings. The molecule has 2 heteroatoms. The number of hydrogen-bond acceptors (Lipinski definition) is 2. The van der Waals surface area contributed by atoms with Gasteiger partial charge in [0.05, 0.1) is 0 Å². The van der Waals surface area contributed by atoms with E-state index in [0.717, 1.165) is 18.4 Å². The first-order valence-electron chi connectivity index (χ1n) is 5.19. The van der Waals surface area contributed by atoms with Crippen LogP contribution in [0.3, 0.4) is 0 Å². The molecule has 2 nitrogen and oxygen atoms in total. The fourth-order valence-corrected chi connectivity index (χ4v) is 1.19. The van der Waals surface area contributed by atoms with Gasteiger partial charge in [0.2, 0.25) is 0 Å². The molecule has 1 aromatic carbocycles. The van der Waals surface area contributed by atoms with Crippen LogP contribution in [0.25, 0.3) is 5.76 Å². The molecule has 0 unspecified atom stereocenters. The van der Waals surface area contributed by atoms with Crippen LogP contribution in [0, 0.1) is 0 Å². The Bertz CT molecular complexity index is 328. The highest BCUT2D eigenvalue weighted by molar-refractivity contribution is 5.77. The maximum absolute atomic E-state index is 11.3. The first kappa shape index (κ1) is 11.5. The summed E-state index contributed by atoms with van der Waals surface area (Å²) in [6, 6.07) is 9.43. The Labute approximate surface area is 90.6 Å². The third-order valence-electron chi connectivity index (χ3n) is 2.07. The number of esters is 1. The van der Waals surface area contributed by atoms with E-state index in [-0.39, 0.29) is 5.97 Å². The first-order valence-corrected chi connectivity index (χ1v) is 5.19. The summed E-state index contributed by atoms with van der Waals surface area (Å²) in [5.74, 6) is 0.224. The molecular formula is C13H16O2. The van der Waals surface area contributed by atoms with Gasteiger partial charge in [0, 0.05) is 12.0 Å². The van der Waals surface area contributed by atoms with E-state index in [4.69, 9.17) is 4.74 Å². The minimum absolute atomic E-state index is 0.203. The van der Waals surface area contributed by atoms with Crippen LogP contribution < -0.4 is 0 Å². The van der Waals surface area contributed by atoms with Crippen LogP contribution in [0.2, 0.25) is 0 Å². The van der Waals surface area contributed by atoms with Gasteiger partial charge in [-0.15, -0.1) is 0 Å². The SMILES string of the molecule is C=C(OC(=O)CCCC)c1ccccc1. The van der Waals surface area contributed by atoms with Gasteiger partial charge in [0.25, 0.3) is 0 Å². The van der Waals surface area contributed by atoms with E-state index < -0.39 is 0 Å². The van der Waals surface area contributed by atoms with Gasteiger partial charge in [-0.05, 0) is 6.42 Å². The fourth-order valence-electron chi connectivity index (χ4n) is 1.19. The standard InChI is InChI=1S/C13H16O2/c1-3-4-10-13(14)15-11(2)12-8-6-5-7-9-12/h5-9H,2-4,10H2,1H3. The van der Waals surface area contributed by atoms with Crippen molar-refractivity contribution in [1.82, 2.24) is 0 Å². The maximum Gasteiger partial charge on any atom is 0.311 e. The summed E-state index contributed by atoms with van der Waals surface area (Å²) >= 11 is 0. The minimum Gasteiger partial charge on any atom is -0.427 e. The molecule has 0 atom stereocenters. The fraction of sp³-hybridized carbons (Fsp3) is 0.308. The summed E-state index contributed by atoms with van der Waals surface area (Å²) in [6.45, 7) is 5.77. The van der Waals surface area contributed by atoms with Gasteiger partial charge in [-0.3, -0.25) is 4.79 Å². The van der Waals surface area contributed by atoms with Crippen LogP contribution >= 0.6 is 0 Å². The molecule has 0 N–H and O–H groups in total. The Morgan fingerprint density at radius 2 is 2.00 bits per heavy atom. The van der Waals surface area contributed by atoms with E-state index in [9.17, 15) is 4.79 Å². The molecule has 0 saturated carbocycles. The molecule has 0 aliphatic heterocycles. The highest BCUT2D eigenvalue weighted by atomic mass is 16.5. The van der Waals surface area contributed by atoms with Gasteiger partial charge in [-0.1, -0.05) is 50.3 Å². The van der Waals surface area contributed by atoms with Gasteiger partial charge in [0.1, 0.15) is 5.76 Å². The minimum atomic E-state index is -0.203. The number of carbonyl (C=O) groups excluding carboxylic acids is 1. The molecule has 0 heterocycles. The normalized spacial score (nSPS) is 9.67. The number of hydrogen-bond donors (Lipinski definition) is 0. The molecule has 15 heavy (non-hydrogen) atoms. The van der Waals surface area contributed by atoms with Crippen LogP contribution in [-0.4, -0.2) is 5.97 Å². The third kappa shape index (κ3) is 3.98. The Kier molecular flexibility index (Phi) is 4.61. The topological polar surface area (TPSA) is 26.3 Å². The van der Waals surface area contributed by atoms with Crippen molar-refractivity contribution in [3.05, 3.63) is 42.5 Å². The van der Waals surface area contributed by atoms with Crippen molar-refractivity contribution >= 4 is 11.7 Å². The lowest BCUT2D eigenvalue weighted by molar-refractivity contribution is -0.136. The molecule has 1 rings (SSSR count). The van der Waals surface area contributed by atoms with Crippen molar-refractivity contribution in [3.8, 4) is 0 Å². The van der Waals surface area contributed by atoms with E-state index in [1.165, 1.54) is 0 Å². The number of unbranched alkanes of at least 4 members (excludes halogenated alkanes) is 1. The lowest BCUT2D eigenvalue weighted by Crippen LogP contribution is -2.02. The molecule has 80 valence electrons. The molecule has 0 amide bonds. The summed E-state index contributed by atoms with van der Waals surface area (Å²) in [4.78, 5) is 11.3. The molecular weight excluding hydrogens is 188 g/mol. The number of ether oxygens (including phenoxy) is 1. The molecule has 0 bridgehead atoms. The Morgan fingerprint density at radius 1 is 1.33 bits per heavy atom. The zero-order valence-corrected chi connectivity index (χ0v) is 9.03. The Hall–Kier alpha value is -1.57. The second-order valence-electron chi connectivity index (χ2n) is 3.37.